The minimum Gasteiger partial charge on any atom is -0.469 e. The molecule has 0 fully saturated rings. The lowest BCUT2D eigenvalue weighted by Crippen LogP contribution is -2.43. The average molecular weight is 401 g/mol. The predicted molar refractivity (Wildman–Crippen MR) is 100 cm³/mol. The molecule has 1 N–H and O–H groups in total. The molecule has 3 heterocycles. The lowest BCUT2D eigenvalue weighted by Gasteiger charge is -2.38. The van der Waals surface area contributed by atoms with Crippen LogP contribution in [0.4, 0.5) is 8.78 Å². The minimum atomic E-state index is -0.923. The van der Waals surface area contributed by atoms with Gasteiger partial charge in [0, 0.05) is 16.1 Å². The molecular weight excluding hydrogens is 386 g/mol. The van der Waals surface area contributed by atoms with E-state index in [1.807, 2.05) is 36.2 Å². The van der Waals surface area contributed by atoms with Gasteiger partial charge in [0.1, 0.15) is 11.5 Å². The SMILES string of the molecule is Cc1ccc(C2=C[C@@H]3c4cc(Cl)ccc4O[C@@H](c4ccc(F)c(F)c4)N3N2)o1. The molecule has 0 saturated carbocycles. The molecule has 0 unspecified atom stereocenters. The smallest absolute Gasteiger partial charge is 0.196 e. The van der Waals surface area contributed by atoms with Crippen molar-refractivity contribution in [3.05, 3.63) is 93.9 Å². The number of benzene rings is 2. The monoisotopic (exact) mass is 400 g/mol. The Kier molecular flexibility index (Phi) is 3.92. The van der Waals surface area contributed by atoms with Gasteiger partial charge in [-0.05, 0) is 55.5 Å². The second-order valence-electron chi connectivity index (χ2n) is 6.78. The molecule has 0 aliphatic carbocycles. The van der Waals surface area contributed by atoms with Crippen LogP contribution >= 0.6 is 11.6 Å². The van der Waals surface area contributed by atoms with Crippen LogP contribution in [0.3, 0.4) is 0 Å². The van der Waals surface area contributed by atoms with Crippen molar-refractivity contribution in [1.29, 1.82) is 0 Å². The van der Waals surface area contributed by atoms with Crippen molar-refractivity contribution >= 4 is 17.3 Å². The zero-order valence-electron chi connectivity index (χ0n) is 14.7. The van der Waals surface area contributed by atoms with Crippen molar-refractivity contribution in [2.24, 2.45) is 0 Å². The Labute approximate surface area is 164 Å². The maximum absolute atomic E-state index is 13.9. The second kappa shape index (κ2) is 6.36. The maximum Gasteiger partial charge on any atom is 0.196 e. The van der Waals surface area contributed by atoms with E-state index in [9.17, 15) is 8.78 Å². The topological polar surface area (TPSA) is 37.6 Å². The molecule has 2 aliphatic rings. The molecule has 0 amide bonds. The number of ether oxygens (including phenoxy) is 1. The summed E-state index contributed by atoms with van der Waals surface area (Å²) in [7, 11) is 0. The van der Waals surface area contributed by atoms with E-state index in [0.29, 0.717) is 22.1 Å². The van der Waals surface area contributed by atoms with Crippen molar-refractivity contribution in [2.45, 2.75) is 19.2 Å². The van der Waals surface area contributed by atoms with Crippen LogP contribution in [0.15, 0.2) is 59.0 Å². The van der Waals surface area contributed by atoms with E-state index in [-0.39, 0.29) is 6.04 Å². The van der Waals surface area contributed by atoms with Gasteiger partial charge in [-0.2, -0.15) is 5.01 Å². The maximum atomic E-state index is 13.9. The van der Waals surface area contributed by atoms with Crippen LogP contribution in [0, 0.1) is 18.6 Å². The van der Waals surface area contributed by atoms with Gasteiger partial charge in [0.25, 0.3) is 0 Å². The Balaban J connectivity index is 1.61. The highest BCUT2D eigenvalue weighted by Crippen LogP contribution is 2.46. The summed E-state index contributed by atoms with van der Waals surface area (Å²) in [6, 6.07) is 12.6. The van der Waals surface area contributed by atoms with Crippen molar-refractivity contribution in [3.8, 4) is 5.75 Å². The molecule has 0 saturated heterocycles. The molecule has 0 radical (unpaired) electrons. The number of furan rings is 1. The molecule has 4 nitrogen and oxygen atoms in total. The third-order valence-electron chi connectivity index (χ3n) is 4.89. The van der Waals surface area contributed by atoms with E-state index >= 15 is 0 Å². The van der Waals surface area contributed by atoms with Crippen molar-refractivity contribution < 1.29 is 17.9 Å². The fraction of sp³-hybridized carbons (Fsp3) is 0.143. The van der Waals surface area contributed by atoms with Gasteiger partial charge in [0.2, 0.25) is 0 Å². The normalized spacial score (nSPS) is 20.8. The molecule has 0 spiro atoms. The van der Waals surface area contributed by atoms with Crippen LogP contribution in [0.2, 0.25) is 5.02 Å². The van der Waals surface area contributed by atoms with Crippen molar-refractivity contribution in [1.82, 2.24) is 10.4 Å². The van der Waals surface area contributed by atoms with Crippen LogP contribution in [0.5, 0.6) is 5.75 Å². The van der Waals surface area contributed by atoms with Crippen LogP contribution in [0.1, 0.15) is 34.9 Å². The van der Waals surface area contributed by atoms with Crippen LogP contribution in [-0.2, 0) is 0 Å². The van der Waals surface area contributed by atoms with E-state index in [1.165, 1.54) is 6.07 Å². The number of nitrogens with zero attached hydrogens (tertiary/aromatic N) is 1. The standard InChI is InChI=1S/C21H15ClF2N2O2/c1-11-2-6-20(27-11)17-10-18-14-9-13(22)4-7-19(14)28-21(26(18)25-17)12-3-5-15(23)16(24)8-12/h2-10,18,21,25H,1H3/t18-,21+/m1/s1. The molecule has 2 aliphatic heterocycles. The predicted octanol–water partition coefficient (Wildman–Crippen LogP) is 5.51. The first-order valence-corrected chi connectivity index (χ1v) is 9.12. The van der Waals surface area contributed by atoms with Gasteiger partial charge < -0.3 is 14.6 Å². The lowest BCUT2D eigenvalue weighted by atomic mass is 10.0. The summed E-state index contributed by atoms with van der Waals surface area (Å²) >= 11 is 6.19. The molecule has 142 valence electrons. The summed E-state index contributed by atoms with van der Waals surface area (Å²) in [6.45, 7) is 1.87. The summed E-state index contributed by atoms with van der Waals surface area (Å²) in [5.74, 6) is 0.283. The molecule has 5 rings (SSSR count). The summed E-state index contributed by atoms with van der Waals surface area (Å²) in [5.41, 5.74) is 5.41. The molecule has 1 aromatic heterocycles. The molecule has 7 heteroatoms. The first kappa shape index (κ1) is 17.3. The Morgan fingerprint density at radius 2 is 1.89 bits per heavy atom. The van der Waals surface area contributed by atoms with Gasteiger partial charge >= 0.3 is 0 Å². The number of aryl methyl sites for hydroxylation is 1. The van der Waals surface area contributed by atoms with E-state index < -0.39 is 17.9 Å². The third-order valence-corrected chi connectivity index (χ3v) is 5.13. The molecule has 28 heavy (non-hydrogen) atoms. The summed E-state index contributed by atoms with van der Waals surface area (Å²) < 4.78 is 39.1. The fourth-order valence-corrected chi connectivity index (χ4v) is 3.75. The largest absolute Gasteiger partial charge is 0.469 e. The average Bonchev–Trinajstić information content (AvgIpc) is 3.30. The first-order chi connectivity index (χ1) is 13.5. The van der Waals surface area contributed by atoms with E-state index in [1.54, 1.807) is 12.1 Å². The molecule has 3 aromatic rings. The molecule has 2 aromatic carbocycles. The van der Waals surface area contributed by atoms with E-state index in [2.05, 4.69) is 5.43 Å². The first-order valence-electron chi connectivity index (χ1n) is 8.74. The third kappa shape index (κ3) is 2.77. The second-order valence-corrected chi connectivity index (χ2v) is 7.22. The summed E-state index contributed by atoms with van der Waals surface area (Å²) in [4.78, 5) is 0. The number of halogens is 3. The van der Waals surface area contributed by atoms with Crippen molar-refractivity contribution in [3.63, 3.8) is 0 Å². The quantitative estimate of drug-likeness (QED) is 0.615. The minimum absolute atomic E-state index is 0.221. The number of nitrogens with one attached hydrogen (secondary N) is 1. The summed E-state index contributed by atoms with van der Waals surface area (Å²) in [6.07, 6.45) is 1.33. The highest BCUT2D eigenvalue weighted by molar-refractivity contribution is 6.30. The van der Waals surface area contributed by atoms with Crippen LogP contribution in [-0.4, -0.2) is 5.01 Å². The van der Waals surface area contributed by atoms with Gasteiger partial charge in [-0.3, -0.25) is 0 Å². The zero-order valence-corrected chi connectivity index (χ0v) is 15.5. The highest BCUT2D eigenvalue weighted by Gasteiger charge is 2.41. The van der Waals surface area contributed by atoms with Gasteiger partial charge in [-0.15, -0.1) is 0 Å². The van der Waals surface area contributed by atoms with Gasteiger partial charge in [-0.1, -0.05) is 17.7 Å². The van der Waals surface area contributed by atoms with Gasteiger partial charge in [0.15, 0.2) is 23.6 Å². The number of hydrazine groups is 1. The van der Waals surface area contributed by atoms with Crippen LogP contribution < -0.4 is 10.2 Å². The van der Waals surface area contributed by atoms with Crippen molar-refractivity contribution in [2.75, 3.05) is 0 Å². The molecular formula is C21H15ClF2N2O2. The molecule has 0 bridgehead atoms. The Morgan fingerprint density at radius 1 is 1.04 bits per heavy atom. The number of hydrogen-bond donors (Lipinski definition) is 1. The Morgan fingerprint density at radius 3 is 2.64 bits per heavy atom. The highest BCUT2D eigenvalue weighted by atomic mass is 35.5. The molecule has 2 atom stereocenters. The van der Waals surface area contributed by atoms with Gasteiger partial charge in [-0.25, -0.2) is 8.78 Å². The fourth-order valence-electron chi connectivity index (χ4n) is 3.57. The number of hydrogen-bond acceptors (Lipinski definition) is 4. The summed E-state index contributed by atoms with van der Waals surface area (Å²) in [5, 5.41) is 2.42. The van der Waals surface area contributed by atoms with Gasteiger partial charge in [0.05, 0.1) is 11.7 Å². The van der Waals surface area contributed by atoms with E-state index in [0.717, 1.165) is 29.2 Å². The zero-order chi connectivity index (χ0) is 19.4. The Hall–Kier alpha value is -2.83. The lowest BCUT2D eigenvalue weighted by molar-refractivity contribution is -0.0330. The number of fused-ring (bicyclic) bond motifs is 3. The number of rotatable bonds is 2. The van der Waals surface area contributed by atoms with E-state index in [4.69, 9.17) is 20.8 Å². The Bertz CT molecular complexity index is 1110. The van der Waals surface area contributed by atoms with Crippen LogP contribution in [0.25, 0.3) is 5.70 Å².